The lowest BCUT2D eigenvalue weighted by Crippen LogP contribution is -2.12. The van der Waals surface area contributed by atoms with Crippen LogP contribution in [0.25, 0.3) is 16.9 Å². The van der Waals surface area contributed by atoms with Gasteiger partial charge in [0, 0.05) is 17.6 Å². The number of nitrogens with two attached hydrogens (primary N) is 1. The van der Waals surface area contributed by atoms with Crippen molar-refractivity contribution in [1.29, 1.82) is 0 Å². The molecule has 6 nitrogen and oxygen atoms in total. The Hall–Kier alpha value is -3.45. The zero-order valence-electron chi connectivity index (χ0n) is 15.5. The van der Waals surface area contributed by atoms with E-state index in [1.165, 1.54) is 12.3 Å². The van der Waals surface area contributed by atoms with Crippen molar-refractivity contribution in [2.75, 3.05) is 5.32 Å². The molecule has 4 rings (SSSR count). The highest BCUT2D eigenvalue weighted by Gasteiger charge is 2.18. The van der Waals surface area contributed by atoms with Crippen molar-refractivity contribution in [3.05, 3.63) is 82.4 Å². The number of aromatic nitrogens is 3. The molecule has 0 aliphatic heterocycles. The lowest BCUT2D eigenvalue weighted by Gasteiger charge is -2.11. The zero-order valence-corrected chi connectivity index (χ0v) is 16.2. The average molecular weight is 410 g/mol. The van der Waals surface area contributed by atoms with Crippen LogP contribution in [-0.4, -0.2) is 20.4 Å². The Morgan fingerprint density at radius 3 is 2.72 bits per heavy atom. The van der Waals surface area contributed by atoms with Gasteiger partial charge in [-0.15, -0.1) is 0 Å². The molecule has 2 heterocycles. The predicted octanol–water partition coefficient (Wildman–Crippen LogP) is 4.23. The number of fused-ring (bicyclic) bond motifs is 1. The van der Waals surface area contributed by atoms with Crippen LogP contribution in [0.15, 0.2) is 54.7 Å². The Morgan fingerprint density at radius 1 is 1.24 bits per heavy atom. The summed E-state index contributed by atoms with van der Waals surface area (Å²) in [6, 6.07) is 14.0. The Kier molecular flexibility index (Phi) is 4.90. The van der Waals surface area contributed by atoms with Crippen molar-refractivity contribution in [2.24, 2.45) is 5.73 Å². The van der Waals surface area contributed by atoms with Gasteiger partial charge >= 0.3 is 0 Å². The van der Waals surface area contributed by atoms with Gasteiger partial charge in [0.15, 0.2) is 5.82 Å². The minimum atomic E-state index is -0.700. The molecule has 0 saturated carbocycles. The van der Waals surface area contributed by atoms with Crippen LogP contribution < -0.4 is 11.1 Å². The molecule has 3 N–H and O–H groups in total. The van der Waals surface area contributed by atoms with E-state index in [2.05, 4.69) is 15.3 Å². The van der Waals surface area contributed by atoms with E-state index in [0.717, 1.165) is 17.3 Å². The topological polar surface area (TPSA) is 85.8 Å². The molecule has 146 valence electrons. The minimum Gasteiger partial charge on any atom is -0.366 e. The number of nitrogens with zero attached hydrogens (tertiary/aromatic N) is 3. The van der Waals surface area contributed by atoms with Gasteiger partial charge in [-0.2, -0.15) is 4.98 Å². The standard InChI is InChI=1S/C21H17ClFN5O/c1-12-7-15-16(19(24)29)8-14(23)9-18(15)28(12)21-26-11-17(22)20(27-21)25-10-13-5-3-2-4-6-13/h2-9,11H,10H2,1H3,(H2,24,29)(H,25,26,27). The Balaban J connectivity index is 1.78. The molecule has 0 atom stereocenters. The molecule has 2 aromatic heterocycles. The fourth-order valence-corrected chi connectivity index (χ4v) is 3.40. The van der Waals surface area contributed by atoms with Crippen LogP contribution in [0.4, 0.5) is 10.2 Å². The number of halogens is 2. The first-order chi connectivity index (χ1) is 13.9. The van der Waals surface area contributed by atoms with E-state index in [1.807, 2.05) is 37.3 Å². The molecule has 0 fully saturated rings. The maximum atomic E-state index is 14.1. The highest BCUT2D eigenvalue weighted by molar-refractivity contribution is 6.32. The summed E-state index contributed by atoms with van der Waals surface area (Å²) in [5, 5.41) is 4.10. The zero-order chi connectivity index (χ0) is 20.5. The molecule has 2 aromatic carbocycles. The molecule has 0 radical (unpaired) electrons. The third-order valence-corrected chi connectivity index (χ3v) is 4.85. The number of primary amides is 1. The van der Waals surface area contributed by atoms with Crippen molar-refractivity contribution in [3.63, 3.8) is 0 Å². The van der Waals surface area contributed by atoms with Gasteiger partial charge in [-0.1, -0.05) is 41.9 Å². The van der Waals surface area contributed by atoms with Gasteiger partial charge in [0.25, 0.3) is 0 Å². The normalized spacial score (nSPS) is 11.0. The van der Waals surface area contributed by atoms with Gasteiger partial charge in [0.2, 0.25) is 11.9 Å². The smallest absolute Gasteiger partial charge is 0.249 e. The molecule has 0 aliphatic rings. The van der Waals surface area contributed by atoms with Crippen LogP contribution in [-0.2, 0) is 6.54 Å². The molecular weight excluding hydrogens is 393 g/mol. The van der Waals surface area contributed by atoms with Gasteiger partial charge in [-0.25, -0.2) is 9.37 Å². The first-order valence-corrected chi connectivity index (χ1v) is 9.24. The third kappa shape index (κ3) is 3.64. The second-order valence-electron chi connectivity index (χ2n) is 6.58. The lowest BCUT2D eigenvalue weighted by atomic mass is 10.1. The predicted molar refractivity (Wildman–Crippen MR) is 111 cm³/mol. The quantitative estimate of drug-likeness (QED) is 0.516. The van der Waals surface area contributed by atoms with Crippen LogP contribution in [0.5, 0.6) is 0 Å². The third-order valence-electron chi connectivity index (χ3n) is 4.57. The molecular formula is C21H17ClFN5O. The molecule has 1 amide bonds. The van der Waals surface area contributed by atoms with Gasteiger partial charge in [-0.3, -0.25) is 9.36 Å². The van der Waals surface area contributed by atoms with Crippen LogP contribution in [0.1, 0.15) is 21.6 Å². The van der Waals surface area contributed by atoms with E-state index in [9.17, 15) is 9.18 Å². The van der Waals surface area contributed by atoms with E-state index in [1.54, 1.807) is 10.6 Å². The Labute approximate surface area is 171 Å². The second kappa shape index (κ2) is 7.52. The van der Waals surface area contributed by atoms with Gasteiger partial charge in [0.05, 0.1) is 17.3 Å². The highest BCUT2D eigenvalue weighted by atomic mass is 35.5. The van der Waals surface area contributed by atoms with Crippen molar-refractivity contribution in [2.45, 2.75) is 13.5 Å². The van der Waals surface area contributed by atoms with Crippen molar-refractivity contribution in [3.8, 4) is 5.95 Å². The van der Waals surface area contributed by atoms with Crippen molar-refractivity contribution in [1.82, 2.24) is 14.5 Å². The number of amides is 1. The van der Waals surface area contributed by atoms with E-state index < -0.39 is 11.7 Å². The summed E-state index contributed by atoms with van der Waals surface area (Å²) in [7, 11) is 0. The van der Waals surface area contributed by atoms with Gasteiger partial charge in [-0.05, 0) is 30.7 Å². The first-order valence-electron chi connectivity index (χ1n) is 8.86. The largest absolute Gasteiger partial charge is 0.366 e. The number of hydrogen-bond acceptors (Lipinski definition) is 4. The lowest BCUT2D eigenvalue weighted by molar-refractivity contribution is 0.100. The van der Waals surface area contributed by atoms with Crippen LogP contribution >= 0.6 is 11.6 Å². The molecule has 0 saturated heterocycles. The van der Waals surface area contributed by atoms with Crippen molar-refractivity contribution < 1.29 is 9.18 Å². The molecule has 0 aliphatic carbocycles. The molecule has 29 heavy (non-hydrogen) atoms. The fraction of sp³-hybridized carbons (Fsp3) is 0.0952. The monoisotopic (exact) mass is 409 g/mol. The maximum Gasteiger partial charge on any atom is 0.249 e. The van der Waals surface area contributed by atoms with Crippen LogP contribution in [0, 0.1) is 12.7 Å². The summed E-state index contributed by atoms with van der Waals surface area (Å²) >= 11 is 6.26. The van der Waals surface area contributed by atoms with E-state index in [0.29, 0.717) is 34.2 Å². The summed E-state index contributed by atoms with van der Waals surface area (Å²) in [4.78, 5) is 20.5. The number of aryl methyl sites for hydroxylation is 1. The van der Waals surface area contributed by atoms with Crippen LogP contribution in [0.3, 0.4) is 0 Å². The number of benzene rings is 2. The molecule has 0 unspecified atom stereocenters. The van der Waals surface area contributed by atoms with Crippen molar-refractivity contribution >= 4 is 34.2 Å². The fourth-order valence-electron chi connectivity index (χ4n) is 3.24. The average Bonchev–Trinajstić information content (AvgIpc) is 3.03. The number of rotatable bonds is 5. The number of carbonyl (C=O) groups is 1. The summed E-state index contributed by atoms with van der Waals surface area (Å²) in [6.07, 6.45) is 1.48. The number of carbonyl (C=O) groups excluding carboxylic acids is 1. The summed E-state index contributed by atoms with van der Waals surface area (Å²) < 4.78 is 15.8. The number of anilines is 1. The van der Waals surface area contributed by atoms with E-state index >= 15 is 0 Å². The van der Waals surface area contributed by atoms with E-state index in [4.69, 9.17) is 17.3 Å². The minimum absolute atomic E-state index is 0.109. The van der Waals surface area contributed by atoms with E-state index in [-0.39, 0.29) is 5.56 Å². The molecule has 4 aromatic rings. The molecule has 0 spiro atoms. The summed E-state index contributed by atoms with van der Waals surface area (Å²) in [5.74, 6) is -0.511. The Bertz CT molecular complexity index is 1220. The van der Waals surface area contributed by atoms with Gasteiger partial charge < -0.3 is 11.1 Å². The summed E-state index contributed by atoms with van der Waals surface area (Å²) in [5.41, 5.74) is 7.77. The first kappa shape index (κ1) is 18.9. The number of hydrogen-bond donors (Lipinski definition) is 2. The second-order valence-corrected chi connectivity index (χ2v) is 6.98. The van der Waals surface area contributed by atoms with Crippen LogP contribution in [0.2, 0.25) is 5.02 Å². The maximum absolute atomic E-state index is 14.1. The molecule has 0 bridgehead atoms. The highest BCUT2D eigenvalue weighted by Crippen LogP contribution is 2.28. The molecule has 8 heteroatoms. The van der Waals surface area contributed by atoms with Gasteiger partial charge in [0.1, 0.15) is 10.8 Å². The SMILES string of the molecule is Cc1cc2c(C(N)=O)cc(F)cc2n1-c1ncc(Cl)c(NCc2ccccc2)n1. The number of nitrogens with one attached hydrogen (secondary N) is 1. The summed E-state index contributed by atoms with van der Waals surface area (Å²) in [6.45, 7) is 2.35. The Morgan fingerprint density at radius 2 is 2.00 bits per heavy atom.